The third-order valence-corrected chi connectivity index (χ3v) is 10.2. The van der Waals surface area contributed by atoms with Gasteiger partial charge in [0, 0.05) is 23.0 Å². The SMILES string of the molecule is CCC1(C)CC2CC(C)(C)CC(NC(=O)[C@H](C)C3CCC(c4ccnc5ccc(F)cc45)CC3)(C2)C1. The van der Waals surface area contributed by atoms with E-state index < -0.39 is 0 Å². The standard InChI is InChI=1S/C32H45FN2O/c1-6-31(5)17-22-16-30(3,4)19-32(18-22,20-31)35-29(36)21(2)23-7-9-24(10-8-23)26-13-14-34-28-12-11-25(33)15-27(26)28/h11-15,21-24H,6-10,16-20H2,1-5H3,(H,35,36)/t21-,22?,23?,24?,31?,32?/m1/s1. The normalized spacial score (nSPS) is 34.8. The molecule has 3 fully saturated rings. The summed E-state index contributed by atoms with van der Waals surface area (Å²) in [5.74, 6) is 1.64. The largest absolute Gasteiger partial charge is 0.350 e. The second kappa shape index (κ2) is 9.40. The fourth-order valence-corrected chi connectivity index (χ4v) is 8.76. The van der Waals surface area contributed by atoms with Gasteiger partial charge in [-0.05, 0) is 116 Å². The van der Waals surface area contributed by atoms with Gasteiger partial charge in [-0.3, -0.25) is 9.78 Å². The summed E-state index contributed by atoms with van der Waals surface area (Å²) < 4.78 is 14.0. The molecule has 3 saturated carbocycles. The molecule has 0 saturated heterocycles. The van der Waals surface area contributed by atoms with Crippen LogP contribution in [0, 0.1) is 34.4 Å². The molecule has 3 aliphatic rings. The summed E-state index contributed by atoms with van der Waals surface area (Å²) in [4.78, 5) is 18.1. The number of benzene rings is 1. The Labute approximate surface area is 217 Å². The van der Waals surface area contributed by atoms with E-state index in [1.54, 1.807) is 12.1 Å². The maximum absolute atomic E-state index is 14.0. The van der Waals surface area contributed by atoms with Gasteiger partial charge < -0.3 is 5.32 Å². The molecular formula is C32H45FN2O. The number of halogens is 1. The lowest BCUT2D eigenvalue weighted by Crippen LogP contribution is -2.61. The number of nitrogens with one attached hydrogen (secondary N) is 1. The summed E-state index contributed by atoms with van der Waals surface area (Å²) in [6, 6.07) is 6.96. The number of carbonyl (C=O) groups excluding carboxylic acids is 1. The molecule has 1 aromatic heterocycles. The Morgan fingerprint density at radius 1 is 1.08 bits per heavy atom. The summed E-state index contributed by atoms with van der Waals surface area (Å²) in [5, 5.41) is 4.63. The summed E-state index contributed by atoms with van der Waals surface area (Å²) in [5.41, 5.74) is 2.66. The lowest BCUT2D eigenvalue weighted by Gasteiger charge is -2.57. The van der Waals surface area contributed by atoms with E-state index in [4.69, 9.17) is 0 Å². The van der Waals surface area contributed by atoms with E-state index in [0.29, 0.717) is 22.7 Å². The topological polar surface area (TPSA) is 42.0 Å². The molecule has 4 atom stereocenters. The maximum Gasteiger partial charge on any atom is 0.223 e. The highest BCUT2D eigenvalue weighted by Gasteiger charge is 2.53. The quantitative estimate of drug-likeness (QED) is 0.457. The minimum Gasteiger partial charge on any atom is -0.350 e. The van der Waals surface area contributed by atoms with E-state index in [1.807, 2.05) is 6.20 Å². The van der Waals surface area contributed by atoms with Gasteiger partial charge in [0.15, 0.2) is 0 Å². The van der Waals surface area contributed by atoms with Crippen LogP contribution in [0.3, 0.4) is 0 Å². The highest BCUT2D eigenvalue weighted by Crippen LogP contribution is 2.57. The number of hydrogen-bond acceptors (Lipinski definition) is 2. The molecule has 36 heavy (non-hydrogen) atoms. The summed E-state index contributed by atoms with van der Waals surface area (Å²) >= 11 is 0. The second-order valence-electron chi connectivity index (χ2n) is 13.9. The first-order valence-corrected chi connectivity index (χ1v) is 14.4. The van der Waals surface area contributed by atoms with Crippen molar-refractivity contribution in [1.82, 2.24) is 10.3 Å². The zero-order valence-corrected chi connectivity index (χ0v) is 23.0. The number of rotatable bonds is 5. The van der Waals surface area contributed by atoms with Crippen molar-refractivity contribution >= 4 is 16.8 Å². The van der Waals surface area contributed by atoms with Crippen molar-refractivity contribution in [2.24, 2.45) is 28.6 Å². The molecule has 4 heteroatoms. The van der Waals surface area contributed by atoms with Crippen LogP contribution in [0.15, 0.2) is 30.5 Å². The van der Waals surface area contributed by atoms with E-state index in [2.05, 4.69) is 51.0 Å². The van der Waals surface area contributed by atoms with Crippen LogP contribution in [0.25, 0.3) is 10.9 Å². The van der Waals surface area contributed by atoms with Gasteiger partial charge in [-0.15, -0.1) is 0 Å². The van der Waals surface area contributed by atoms with Crippen molar-refractivity contribution in [2.75, 3.05) is 0 Å². The molecule has 1 aromatic carbocycles. The van der Waals surface area contributed by atoms with Crippen molar-refractivity contribution < 1.29 is 9.18 Å². The first kappa shape index (κ1) is 25.7. The van der Waals surface area contributed by atoms with Crippen molar-refractivity contribution in [2.45, 2.75) is 110 Å². The third kappa shape index (κ3) is 5.07. The van der Waals surface area contributed by atoms with Gasteiger partial charge >= 0.3 is 0 Å². The average Bonchev–Trinajstić information content (AvgIpc) is 2.81. The Kier molecular flexibility index (Phi) is 6.71. The van der Waals surface area contributed by atoms with E-state index >= 15 is 0 Å². The molecule has 1 amide bonds. The minimum atomic E-state index is -0.204. The number of hydrogen-bond donors (Lipinski definition) is 1. The zero-order chi connectivity index (χ0) is 25.7. The molecule has 1 heterocycles. The van der Waals surface area contributed by atoms with Crippen LogP contribution in [0.2, 0.25) is 0 Å². The molecule has 196 valence electrons. The van der Waals surface area contributed by atoms with Gasteiger partial charge in [0.25, 0.3) is 0 Å². The first-order chi connectivity index (χ1) is 17.0. The van der Waals surface area contributed by atoms with Crippen LogP contribution in [0.1, 0.15) is 110 Å². The molecule has 3 aliphatic carbocycles. The Bertz CT molecular complexity index is 1120. The number of nitrogens with zero attached hydrogens (tertiary/aromatic N) is 1. The van der Waals surface area contributed by atoms with Crippen LogP contribution in [-0.4, -0.2) is 16.4 Å². The van der Waals surface area contributed by atoms with E-state index in [-0.39, 0.29) is 23.2 Å². The predicted octanol–water partition coefficient (Wildman–Crippen LogP) is 8.18. The Hall–Kier alpha value is -1.97. The summed E-state index contributed by atoms with van der Waals surface area (Å²) in [6.07, 6.45) is 13.2. The van der Waals surface area contributed by atoms with Gasteiger partial charge in [0.05, 0.1) is 5.52 Å². The third-order valence-electron chi connectivity index (χ3n) is 10.2. The smallest absolute Gasteiger partial charge is 0.223 e. The number of pyridine rings is 1. The van der Waals surface area contributed by atoms with Crippen molar-refractivity contribution in [3.63, 3.8) is 0 Å². The molecule has 2 bridgehead atoms. The lowest BCUT2D eigenvalue weighted by molar-refractivity contribution is -0.132. The van der Waals surface area contributed by atoms with Crippen LogP contribution in [0.5, 0.6) is 0 Å². The summed E-state index contributed by atoms with van der Waals surface area (Å²) in [6.45, 7) is 11.7. The Balaban J connectivity index is 1.26. The van der Waals surface area contributed by atoms with Crippen molar-refractivity contribution in [3.05, 3.63) is 41.8 Å². The number of carbonyl (C=O) groups is 1. The van der Waals surface area contributed by atoms with Crippen LogP contribution >= 0.6 is 0 Å². The van der Waals surface area contributed by atoms with Crippen molar-refractivity contribution in [1.29, 1.82) is 0 Å². The highest BCUT2D eigenvalue weighted by molar-refractivity contribution is 5.82. The molecule has 3 unspecified atom stereocenters. The number of fused-ring (bicyclic) bond motifs is 3. The van der Waals surface area contributed by atoms with Gasteiger partial charge in [-0.2, -0.15) is 0 Å². The highest BCUT2D eigenvalue weighted by atomic mass is 19.1. The zero-order valence-electron chi connectivity index (χ0n) is 23.0. The van der Waals surface area contributed by atoms with Gasteiger partial charge in [-0.1, -0.05) is 41.0 Å². The van der Waals surface area contributed by atoms with Gasteiger partial charge in [0.2, 0.25) is 5.91 Å². The van der Waals surface area contributed by atoms with E-state index in [0.717, 1.165) is 61.8 Å². The molecule has 5 rings (SSSR count). The van der Waals surface area contributed by atoms with Crippen LogP contribution in [0.4, 0.5) is 4.39 Å². The van der Waals surface area contributed by atoms with Gasteiger partial charge in [-0.25, -0.2) is 4.39 Å². The molecule has 0 spiro atoms. The van der Waals surface area contributed by atoms with Crippen LogP contribution in [-0.2, 0) is 4.79 Å². The van der Waals surface area contributed by atoms with Gasteiger partial charge in [0.1, 0.15) is 5.82 Å². The Morgan fingerprint density at radius 2 is 1.83 bits per heavy atom. The van der Waals surface area contributed by atoms with Crippen molar-refractivity contribution in [3.8, 4) is 0 Å². The maximum atomic E-state index is 14.0. The molecule has 3 nitrogen and oxygen atoms in total. The lowest BCUT2D eigenvalue weighted by atomic mass is 9.52. The monoisotopic (exact) mass is 492 g/mol. The minimum absolute atomic E-state index is 0.0326. The average molecular weight is 493 g/mol. The van der Waals surface area contributed by atoms with Crippen LogP contribution < -0.4 is 5.32 Å². The molecule has 0 aliphatic heterocycles. The first-order valence-electron chi connectivity index (χ1n) is 14.4. The fourth-order valence-electron chi connectivity index (χ4n) is 8.76. The fraction of sp³-hybridized carbons (Fsp3) is 0.688. The molecule has 0 radical (unpaired) electrons. The molecule has 2 aromatic rings. The Morgan fingerprint density at radius 3 is 2.56 bits per heavy atom. The van der Waals surface area contributed by atoms with E-state index in [1.165, 1.54) is 30.9 Å². The number of aromatic nitrogens is 1. The molecular weight excluding hydrogens is 447 g/mol. The molecule has 1 N–H and O–H groups in total. The van der Waals surface area contributed by atoms with E-state index in [9.17, 15) is 9.18 Å². The number of amides is 1. The summed E-state index contributed by atoms with van der Waals surface area (Å²) in [7, 11) is 0. The second-order valence-corrected chi connectivity index (χ2v) is 13.9. The predicted molar refractivity (Wildman–Crippen MR) is 145 cm³/mol.